The molecular formula is C17H23N3O2S2. The van der Waals surface area contributed by atoms with E-state index in [1.54, 1.807) is 11.8 Å². The summed E-state index contributed by atoms with van der Waals surface area (Å²) in [5.41, 5.74) is 1.09. The van der Waals surface area contributed by atoms with Crippen LogP contribution in [-0.2, 0) is 4.79 Å². The van der Waals surface area contributed by atoms with E-state index in [1.807, 2.05) is 31.2 Å². The second-order valence-electron chi connectivity index (χ2n) is 5.52. The van der Waals surface area contributed by atoms with Gasteiger partial charge in [0.15, 0.2) is 10.9 Å². The molecule has 2 aromatic rings. The van der Waals surface area contributed by atoms with E-state index in [1.165, 1.54) is 24.2 Å². The second-order valence-corrected chi connectivity index (χ2v) is 7.76. The van der Waals surface area contributed by atoms with Crippen LogP contribution in [0.2, 0.25) is 0 Å². The summed E-state index contributed by atoms with van der Waals surface area (Å²) >= 11 is 3.10. The van der Waals surface area contributed by atoms with E-state index in [2.05, 4.69) is 29.4 Å². The molecule has 1 N–H and O–H groups in total. The Morgan fingerprint density at radius 3 is 2.83 bits per heavy atom. The van der Waals surface area contributed by atoms with Crippen LogP contribution in [0.3, 0.4) is 0 Å². The zero-order chi connectivity index (χ0) is 17.4. The lowest BCUT2D eigenvalue weighted by atomic mass is 10.1. The predicted molar refractivity (Wildman–Crippen MR) is 100 cm³/mol. The van der Waals surface area contributed by atoms with E-state index in [-0.39, 0.29) is 12.5 Å². The maximum absolute atomic E-state index is 11.9. The van der Waals surface area contributed by atoms with Crippen molar-refractivity contribution in [2.24, 2.45) is 5.92 Å². The maximum Gasteiger partial charge on any atom is 0.264 e. The van der Waals surface area contributed by atoms with E-state index in [0.717, 1.165) is 15.7 Å². The Morgan fingerprint density at radius 1 is 1.33 bits per heavy atom. The molecule has 0 saturated carbocycles. The Labute approximate surface area is 151 Å². The molecule has 0 aliphatic rings. The van der Waals surface area contributed by atoms with Crippen LogP contribution in [0.5, 0.6) is 5.75 Å². The van der Waals surface area contributed by atoms with Crippen LogP contribution in [0, 0.1) is 12.8 Å². The molecule has 7 heteroatoms. The van der Waals surface area contributed by atoms with E-state index >= 15 is 0 Å². The maximum atomic E-state index is 11.9. The van der Waals surface area contributed by atoms with Crippen LogP contribution in [0.15, 0.2) is 28.6 Å². The molecule has 1 amide bonds. The zero-order valence-corrected chi connectivity index (χ0v) is 15.9. The minimum absolute atomic E-state index is 0.0424. The molecule has 0 spiro atoms. The van der Waals surface area contributed by atoms with Gasteiger partial charge in [0.25, 0.3) is 5.91 Å². The number of carbonyl (C=O) groups is 1. The van der Waals surface area contributed by atoms with Crippen molar-refractivity contribution in [2.45, 2.75) is 38.0 Å². The average molecular weight is 366 g/mol. The molecule has 0 saturated heterocycles. The molecule has 5 nitrogen and oxygen atoms in total. The number of nitrogens with zero attached hydrogens (tertiary/aromatic N) is 2. The number of nitrogens with one attached hydrogen (secondary N) is 1. The van der Waals surface area contributed by atoms with Crippen molar-refractivity contribution in [1.29, 1.82) is 0 Å². The lowest BCUT2D eigenvalue weighted by Crippen LogP contribution is -2.20. The summed E-state index contributed by atoms with van der Waals surface area (Å²) < 4.78 is 6.36. The summed E-state index contributed by atoms with van der Waals surface area (Å²) in [5, 5.41) is 11.4. The third kappa shape index (κ3) is 6.13. The quantitative estimate of drug-likeness (QED) is 0.527. The Hall–Kier alpha value is -1.60. The first-order chi connectivity index (χ1) is 11.6. The molecule has 1 heterocycles. The summed E-state index contributed by atoms with van der Waals surface area (Å²) in [7, 11) is 0. The molecule has 0 aliphatic heterocycles. The van der Waals surface area contributed by atoms with Crippen molar-refractivity contribution in [1.82, 2.24) is 10.2 Å². The lowest BCUT2D eigenvalue weighted by molar-refractivity contribution is -0.118. The van der Waals surface area contributed by atoms with Gasteiger partial charge in [0.05, 0.1) is 0 Å². The van der Waals surface area contributed by atoms with Crippen molar-refractivity contribution < 1.29 is 9.53 Å². The minimum atomic E-state index is -0.232. The van der Waals surface area contributed by atoms with Gasteiger partial charge in [0, 0.05) is 5.75 Å². The number of anilines is 1. The van der Waals surface area contributed by atoms with Crippen LogP contribution < -0.4 is 10.1 Å². The van der Waals surface area contributed by atoms with E-state index in [4.69, 9.17) is 4.74 Å². The fourth-order valence-corrected chi connectivity index (χ4v) is 4.16. The number of ether oxygens (including phenoxy) is 1. The van der Waals surface area contributed by atoms with Gasteiger partial charge in [-0.3, -0.25) is 10.1 Å². The highest BCUT2D eigenvalue weighted by Gasteiger charge is 2.11. The highest BCUT2D eigenvalue weighted by atomic mass is 32.2. The van der Waals surface area contributed by atoms with Gasteiger partial charge < -0.3 is 4.74 Å². The van der Waals surface area contributed by atoms with Crippen LogP contribution in [0.25, 0.3) is 0 Å². The standard InChI is InChI=1S/C17H23N3O2S2/c1-4-13(5-2)11-23-17-20-19-16(24-17)18-15(21)10-22-14-8-6-7-12(3)9-14/h6-9,13H,4-5,10-11H2,1-3H3,(H,18,19,21). The van der Waals surface area contributed by atoms with Crippen LogP contribution >= 0.6 is 23.1 Å². The van der Waals surface area contributed by atoms with Crippen molar-refractivity contribution in [3.8, 4) is 5.75 Å². The van der Waals surface area contributed by atoms with Crippen molar-refractivity contribution >= 4 is 34.1 Å². The SMILES string of the molecule is CCC(CC)CSc1nnc(NC(=O)COc2cccc(C)c2)s1. The van der Waals surface area contributed by atoms with E-state index in [9.17, 15) is 4.79 Å². The molecule has 24 heavy (non-hydrogen) atoms. The zero-order valence-electron chi connectivity index (χ0n) is 14.2. The largest absolute Gasteiger partial charge is 0.484 e. The number of benzene rings is 1. The van der Waals surface area contributed by atoms with Crippen LogP contribution in [0.1, 0.15) is 32.3 Å². The minimum Gasteiger partial charge on any atom is -0.484 e. The van der Waals surface area contributed by atoms with Gasteiger partial charge >= 0.3 is 0 Å². The van der Waals surface area contributed by atoms with Gasteiger partial charge in [-0.25, -0.2) is 0 Å². The molecule has 0 bridgehead atoms. The molecule has 2 rings (SSSR count). The van der Waals surface area contributed by atoms with Gasteiger partial charge in [0.2, 0.25) is 5.13 Å². The third-order valence-electron chi connectivity index (χ3n) is 3.61. The molecule has 0 atom stereocenters. The highest BCUT2D eigenvalue weighted by Crippen LogP contribution is 2.28. The van der Waals surface area contributed by atoms with Gasteiger partial charge in [-0.05, 0) is 30.5 Å². The summed E-state index contributed by atoms with van der Waals surface area (Å²) in [6.45, 7) is 6.34. The van der Waals surface area contributed by atoms with Crippen LogP contribution in [-0.4, -0.2) is 28.5 Å². The van der Waals surface area contributed by atoms with Gasteiger partial charge in [-0.1, -0.05) is 61.9 Å². The summed E-state index contributed by atoms with van der Waals surface area (Å²) in [5.74, 6) is 2.18. The molecule has 130 valence electrons. The number of aromatic nitrogens is 2. The topological polar surface area (TPSA) is 64.1 Å². The van der Waals surface area contributed by atoms with Crippen molar-refractivity contribution in [3.63, 3.8) is 0 Å². The van der Waals surface area contributed by atoms with E-state index in [0.29, 0.717) is 16.8 Å². The smallest absolute Gasteiger partial charge is 0.264 e. The van der Waals surface area contributed by atoms with Gasteiger partial charge in [-0.2, -0.15) is 0 Å². The Bertz CT molecular complexity index is 657. The number of hydrogen-bond donors (Lipinski definition) is 1. The fourth-order valence-electron chi connectivity index (χ4n) is 2.04. The van der Waals surface area contributed by atoms with Gasteiger partial charge in [0.1, 0.15) is 5.75 Å². The number of thioether (sulfide) groups is 1. The summed E-state index contributed by atoms with van der Waals surface area (Å²) in [6, 6.07) is 7.61. The van der Waals surface area contributed by atoms with E-state index < -0.39 is 0 Å². The second kappa shape index (κ2) is 9.64. The predicted octanol–water partition coefficient (Wildman–Crippen LogP) is 4.39. The molecule has 0 aliphatic carbocycles. The molecule has 0 unspecified atom stereocenters. The monoisotopic (exact) mass is 365 g/mol. The van der Waals surface area contributed by atoms with Crippen molar-refractivity contribution in [2.75, 3.05) is 17.7 Å². The summed E-state index contributed by atoms with van der Waals surface area (Å²) in [6.07, 6.45) is 2.34. The Balaban J connectivity index is 1.78. The van der Waals surface area contributed by atoms with Crippen LogP contribution in [0.4, 0.5) is 5.13 Å². The fraction of sp³-hybridized carbons (Fsp3) is 0.471. The first-order valence-electron chi connectivity index (χ1n) is 8.06. The normalized spacial score (nSPS) is 10.8. The van der Waals surface area contributed by atoms with Crippen molar-refractivity contribution in [3.05, 3.63) is 29.8 Å². The average Bonchev–Trinajstić information content (AvgIpc) is 3.01. The summed E-state index contributed by atoms with van der Waals surface area (Å²) in [4.78, 5) is 11.9. The first-order valence-corrected chi connectivity index (χ1v) is 9.86. The highest BCUT2D eigenvalue weighted by molar-refractivity contribution is 8.01. The molecule has 0 fully saturated rings. The third-order valence-corrected chi connectivity index (χ3v) is 5.81. The molecular weight excluding hydrogens is 342 g/mol. The number of amides is 1. The molecule has 1 aromatic heterocycles. The van der Waals surface area contributed by atoms with Gasteiger partial charge in [-0.15, -0.1) is 10.2 Å². The number of carbonyl (C=O) groups excluding carboxylic acids is 1. The first kappa shape index (κ1) is 18.7. The number of aryl methyl sites for hydroxylation is 1. The molecule has 1 aromatic carbocycles. The molecule has 0 radical (unpaired) electrons. The Kier molecular flexibility index (Phi) is 7.52. The Morgan fingerprint density at radius 2 is 2.12 bits per heavy atom. The number of hydrogen-bond acceptors (Lipinski definition) is 6. The lowest BCUT2D eigenvalue weighted by Gasteiger charge is -2.09. The number of rotatable bonds is 9.